The second-order valence-electron chi connectivity index (χ2n) is 2.88. The molecule has 0 radical (unpaired) electrons. The molecule has 1 aromatic heterocycles. The van der Waals surface area contributed by atoms with Crippen molar-refractivity contribution in [3.8, 4) is 0 Å². The molecule has 84 valence electrons. The number of nitrogen functional groups attached to an aromatic ring is 1. The van der Waals surface area contributed by atoms with Gasteiger partial charge in [0.25, 0.3) is 0 Å². The Hall–Kier alpha value is -1.40. The van der Waals surface area contributed by atoms with E-state index in [1.54, 1.807) is 6.07 Å². The van der Waals surface area contributed by atoms with Crippen LogP contribution < -0.4 is 11.1 Å². The number of ether oxygens (including phenoxy) is 1. The first-order valence-corrected chi connectivity index (χ1v) is 4.82. The average molecular weight is 212 g/mol. The molecule has 1 aromatic rings. The normalized spacial score (nSPS) is 10.3. The highest BCUT2D eigenvalue weighted by atomic mass is 16.5. The number of nitrogens with two attached hydrogens (primary N) is 1. The fourth-order valence-corrected chi connectivity index (χ4v) is 1.05. The first-order valence-electron chi connectivity index (χ1n) is 4.82. The van der Waals surface area contributed by atoms with E-state index in [-0.39, 0.29) is 6.61 Å². The lowest BCUT2D eigenvalue weighted by Gasteiger charge is -2.07. The molecule has 4 N–H and O–H groups in total. The predicted octanol–water partition coefficient (Wildman–Crippen LogP) is -0.000500. The molecule has 0 aliphatic heterocycles. The van der Waals surface area contributed by atoms with Crippen molar-refractivity contribution in [2.45, 2.75) is 13.5 Å². The van der Waals surface area contributed by atoms with E-state index in [0.717, 1.165) is 0 Å². The molecule has 0 saturated heterocycles. The summed E-state index contributed by atoms with van der Waals surface area (Å²) in [5.74, 6) is 1.53. The van der Waals surface area contributed by atoms with Crippen LogP contribution in [0.2, 0.25) is 0 Å². The Morgan fingerprint density at radius 3 is 3.00 bits per heavy atom. The molecule has 0 saturated carbocycles. The smallest absolute Gasteiger partial charge is 0.158 e. The minimum atomic E-state index is 0.0463. The van der Waals surface area contributed by atoms with Crippen LogP contribution in [-0.4, -0.2) is 34.8 Å². The Balaban J connectivity index is 2.66. The van der Waals surface area contributed by atoms with Gasteiger partial charge in [0.15, 0.2) is 5.82 Å². The monoisotopic (exact) mass is 212 g/mol. The van der Waals surface area contributed by atoms with Crippen LogP contribution in [0.4, 0.5) is 11.6 Å². The number of aliphatic hydroxyl groups excluding tert-OH is 1. The maximum Gasteiger partial charge on any atom is 0.158 e. The van der Waals surface area contributed by atoms with Crippen LogP contribution in [0.5, 0.6) is 0 Å². The van der Waals surface area contributed by atoms with Gasteiger partial charge in [0.2, 0.25) is 0 Å². The number of nitrogens with one attached hydrogen (secondary N) is 1. The summed E-state index contributed by atoms with van der Waals surface area (Å²) in [7, 11) is 0. The lowest BCUT2D eigenvalue weighted by atomic mass is 10.5. The summed E-state index contributed by atoms with van der Waals surface area (Å²) in [6.07, 6.45) is 0. The standard InChI is InChI=1S/C9H16N4O2/c1-2-15-6-9-12-7(10)5-8(13-9)11-3-4-14/h5,14H,2-4,6H2,1H3,(H3,10,11,12,13). The van der Waals surface area contributed by atoms with Crippen molar-refractivity contribution in [1.29, 1.82) is 0 Å². The minimum absolute atomic E-state index is 0.0463. The number of aromatic nitrogens is 2. The van der Waals surface area contributed by atoms with Crippen LogP contribution >= 0.6 is 0 Å². The summed E-state index contributed by atoms with van der Waals surface area (Å²) in [6, 6.07) is 1.62. The molecule has 0 amide bonds. The topological polar surface area (TPSA) is 93.3 Å². The van der Waals surface area contributed by atoms with Crippen molar-refractivity contribution in [3.63, 3.8) is 0 Å². The second-order valence-corrected chi connectivity index (χ2v) is 2.88. The zero-order chi connectivity index (χ0) is 11.1. The molecule has 0 aliphatic rings. The minimum Gasteiger partial charge on any atom is -0.395 e. The van der Waals surface area contributed by atoms with Gasteiger partial charge in [0.1, 0.15) is 18.2 Å². The highest BCUT2D eigenvalue weighted by Crippen LogP contribution is 2.08. The predicted molar refractivity (Wildman–Crippen MR) is 57.3 cm³/mol. The first-order chi connectivity index (χ1) is 7.26. The van der Waals surface area contributed by atoms with Crippen LogP contribution in [0, 0.1) is 0 Å². The zero-order valence-corrected chi connectivity index (χ0v) is 8.73. The maximum absolute atomic E-state index is 8.65. The second kappa shape index (κ2) is 6.15. The fourth-order valence-electron chi connectivity index (χ4n) is 1.05. The van der Waals surface area contributed by atoms with E-state index < -0.39 is 0 Å². The number of hydrogen-bond donors (Lipinski definition) is 3. The van der Waals surface area contributed by atoms with Gasteiger partial charge in [-0.1, -0.05) is 0 Å². The summed E-state index contributed by atoms with van der Waals surface area (Å²) in [5, 5.41) is 11.6. The van der Waals surface area contributed by atoms with E-state index in [0.29, 0.717) is 37.2 Å². The van der Waals surface area contributed by atoms with Gasteiger partial charge in [-0.3, -0.25) is 0 Å². The maximum atomic E-state index is 8.65. The lowest BCUT2D eigenvalue weighted by Crippen LogP contribution is -2.10. The van der Waals surface area contributed by atoms with Gasteiger partial charge < -0.3 is 20.9 Å². The van der Waals surface area contributed by atoms with Crippen molar-refractivity contribution in [2.24, 2.45) is 0 Å². The summed E-state index contributed by atoms with van der Waals surface area (Å²) in [4.78, 5) is 8.19. The van der Waals surface area contributed by atoms with Gasteiger partial charge >= 0.3 is 0 Å². The summed E-state index contributed by atoms with van der Waals surface area (Å²) in [5.41, 5.74) is 5.59. The van der Waals surface area contributed by atoms with Gasteiger partial charge in [0.05, 0.1) is 6.61 Å². The molecule has 0 spiro atoms. The highest BCUT2D eigenvalue weighted by molar-refractivity contribution is 5.44. The molecule has 6 nitrogen and oxygen atoms in total. The van der Waals surface area contributed by atoms with Crippen LogP contribution in [0.25, 0.3) is 0 Å². The first kappa shape index (κ1) is 11.7. The molecule has 0 aliphatic carbocycles. The van der Waals surface area contributed by atoms with E-state index in [2.05, 4.69) is 15.3 Å². The van der Waals surface area contributed by atoms with E-state index >= 15 is 0 Å². The number of aliphatic hydroxyl groups is 1. The molecule has 1 heterocycles. The van der Waals surface area contributed by atoms with Gasteiger partial charge in [-0.15, -0.1) is 0 Å². The van der Waals surface area contributed by atoms with Crippen molar-refractivity contribution in [1.82, 2.24) is 9.97 Å². The Kier molecular flexibility index (Phi) is 4.79. The Bertz CT molecular complexity index is 280. The third-order valence-corrected chi connectivity index (χ3v) is 1.65. The van der Waals surface area contributed by atoms with Gasteiger partial charge in [-0.25, -0.2) is 9.97 Å². The molecule has 0 bridgehead atoms. The summed E-state index contributed by atoms with van der Waals surface area (Å²) < 4.78 is 5.18. The van der Waals surface area contributed by atoms with Crippen LogP contribution in [0.1, 0.15) is 12.7 Å². The highest BCUT2D eigenvalue weighted by Gasteiger charge is 2.01. The quantitative estimate of drug-likeness (QED) is 0.614. The van der Waals surface area contributed by atoms with Crippen molar-refractivity contribution >= 4 is 11.6 Å². The number of rotatable bonds is 6. The van der Waals surface area contributed by atoms with Gasteiger partial charge in [-0.2, -0.15) is 0 Å². The number of hydrogen-bond acceptors (Lipinski definition) is 6. The Labute approximate surface area is 88.5 Å². The molecule has 15 heavy (non-hydrogen) atoms. The zero-order valence-electron chi connectivity index (χ0n) is 8.73. The van der Waals surface area contributed by atoms with Crippen molar-refractivity contribution in [3.05, 3.63) is 11.9 Å². The molecule has 0 atom stereocenters. The lowest BCUT2D eigenvalue weighted by molar-refractivity contribution is 0.128. The molecule has 0 aromatic carbocycles. The third-order valence-electron chi connectivity index (χ3n) is 1.65. The van der Waals surface area contributed by atoms with Gasteiger partial charge in [0, 0.05) is 19.2 Å². The van der Waals surface area contributed by atoms with Crippen molar-refractivity contribution in [2.75, 3.05) is 30.8 Å². The third kappa shape index (κ3) is 4.09. The van der Waals surface area contributed by atoms with E-state index in [4.69, 9.17) is 15.6 Å². The fraction of sp³-hybridized carbons (Fsp3) is 0.556. The van der Waals surface area contributed by atoms with Crippen LogP contribution in [0.3, 0.4) is 0 Å². The SMILES string of the molecule is CCOCc1nc(N)cc(NCCO)n1. The van der Waals surface area contributed by atoms with E-state index in [1.807, 2.05) is 6.92 Å². The summed E-state index contributed by atoms with van der Waals surface area (Å²) in [6.45, 7) is 3.33. The number of nitrogens with zero attached hydrogens (tertiary/aromatic N) is 2. The number of anilines is 2. The van der Waals surface area contributed by atoms with Crippen LogP contribution in [-0.2, 0) is 11.3 Å². The molecular weight excluding hydrogens is 196 g/mol. The molecule has 0 fully saturated rings. The van der Waals surface area contributed by atoms with E-state index in [1.165, 1.54) is 0 Å². The van der Waals surface area contributed by atoms with Crippen LogP contribution in [0.15, 0.2) is 6.07 Å². The van der Waals surface area contributed by atoms with Crippen molar-refractivity contribution < 1.29 is 9.84 Å². The Morgan fingerprint density at radius 1 is 1.53 bits per heavy atom. The van der Waals surface area contributed by atoms with Gasteiger partial charge in [-0.05, 0) is 6.92 Å². The van der Waals surface area contributed by atoms with E-state index in [9.17, 15) is 0 Å². The average Bonchev–Trinajstić information content (AvgIpc) is 2.23. The molecule has 1 rings (SSSR count). The molecule has 0 unspecified atom stereocenters. The summed E-state index contributed by atoms with van der Waals surface area (Å²) >= 11 is 0. The molecular formula is C9H16N4O2. The Morgan fingerprint density at radius 2 is 2.33 bits per heavy atom. The largest absolute Gasteiger partial charge is 0.395 e. The molecule has 6 heteroatoms.